The summed E-state index contributed by atoms with van der Waals surface area (Å²) >= 11 is 0. The summed E-state index contributed by atoms with van der Waals surface area (Å²) in [5.74, 6) is -0.598. The molecule has 0 aliphatic heterocycles. The molecule has 0 fully saturated rings. The SMILES string of the molecule is COCCOCO[C@@H]([C@H](CO)Cc1ccccc1)[C@@H](OCOCCOC)[C@H](CO)Cc1ccccc1. The Labute approximate surface area is 215 Å². The van der Waals surface area contributed by atoms with Gasteiger partial charge in [0.25, 0.3) is 0 Å². The van der Waals surface area contributed by atoms with Crippen molar-refractivity contribution >= 4 is 0 Å². The van der Waals surface area contributed by atoms with Crippen molar-refractivity contribution in [3.8, 4) is 0 Å². The molecule has 2 N–H and O–H groups in total. The number of hydrogen-bond donors (Lipinski definition) is 2. The lowest BCUT2D eigenvalue weighted by Crippen LogP contribution is -2.47. The molecule has 0 radical (unpaired) electrons. The van der Waals surface area contributed by atoms with E-state index in [0.29, 0.717) is 39.3 Å². The van der Waals surface area contributed by atoms with Gasteiger partial charge in [0.05, 0.1) is 38.6 Å². The first-order valence-electron chi connectivity index (χ1n) is 12.4. The molecule has 202 valence electrons. The molecular weight excluding hydrogens is 464 g/mol. The monoisotopic (exact) mass is 506 g/mol. The molecular formula is C28H42O8. The molecule has 2 aromatic carbocycles. The van der Waals surface area contributed by atoms with Gasteiger partial charge >= 0.3 is 0 Å². The number of hydrogen-bond acceptors (Lipinski definition) is 8. The van der Waals surface area contributed by atoms with Gasteiger partial charge in [0.2, 0.25) is 0 Å². The van der Waals surface area contributed by atoms with E-state index >= 15 is 0 Å². The van der Waals surface area contributed by atoms with Crippen LogP contribution in [0.25, 0.3) is 0 Å². The highest BCUT2D eigenvalue weighted by Gasteiger charge is 2.37. The van der Waals surface area contributed by atoms with Crippen molar-refractivity contribution in [2.45, 2.75) is 25.0 Å². The van der Waals surface area contributed by atoms with Gasteiger partial charge in [-0.05, 0) is 24.0 Å². The summed E-state index contributed by atoms with van der Waals surface area (Å²) in [5.41, 5.74) is 2.15. The van der Waals surface area contributed by atoms with Crippen molar-refractivity contribution in [1.82, 2.24) is 0 Å². The summed E-state index contributed by atoms with van der Waals surface area (Å²) < 4.78 is 33.7. The van der Waals surface area contributed by atoms with Crippen LogP contribution in [-0.4, -0.2) is 89.9 Å². The van der Waals surface area contributed by atoms with Gasteiger partial charge in [-0.3, -0.25) is 0 Å². The number of ether oxygens (including phenoxy) is 6. The van der Waals surface area contributed by atoms with Crippen molar-refractivity contribution in [3.63, 3.8) is 0 Å². The minimum absolute atomic E-state index is 0.00714. The van der Waals surface area contributed by atoms with Crippen LogP contribution in [0.3, 0.4) is 0 Å². The van der Waals surface area contributed by atoms with Gasteiger partial charge < -0.3 is 38.6 Å². The minimum atomic E-state index is -0.565. The Balaban J connectivity index is 2.26. The Morgan fingerprint density at radius 2 is 0.972 bits per heavy atom. The summed E-state index contributed by atoms with van der Waals surface area (Å²) in [5, 5.41) is 20.9. The van der Waals surface area contributed by atoms with Gasteiger partial charge in [0.15, 0.2) is 0 Å². The van der Waals surface area contributed by atoms with Crippen LogP contribution in [0.15, 0.2) is 60.7 Å². The number of benzene rings is 2. The molecule has 8 nitrogen and oxygen atoms in total. The van der Waals surface area contributed by atoms with Gasteiger partial charge in [0, 0.05) is 39.3 Å². The first-order valence-corrected chi connectivity index (χ1v) is 12.4. The second-order valence-corrected chi connectivity index (χ2v) is 8.57. The standard InChI is InChI=1S/C28H42O8/c1-31-13-15-33-21-35-27(25(19-29)17-23-9-5-3-6-10-23)28(36-22-34-16-14-32-2)26(20-30)18-24-11-7-4-8-12-24/h3-12,25-30H,13-22H2,1-2H3/t25-,26-,27-,28-/m0/s1. The number of methoxy groups -OCH3 is 2. The molecule has 2 rings (SSSR count). The highest BCUT2D eigenvalue weighted by molar-refractivity contribution is 5.17. The van der Waals surface area contributed by atoms with Crippen LogP contribution in [0.4, 0.5) is 0 Å². The Morgan fingerprint density at radius 3 is 1.31 bits per heavy atom. The van der Waals surface area contributed by atoms with Crippen LogP contribution in [0, 0.1) is 11.8 Å². The van der Waals surface area contributed by atoms with Crippen LogP contribution in [0.1, 0.15) is 11.1 Å². The average Bonchev–Trinajstić information content (AvgIpc) is 2.92. The smallest absolute Gasteiger partial charge is 0.147 e. The number of rotatable bonds is 21. The third-order valence-corrected chi connectivity index (χ3v) is 5.95. The largest absolute Gasteiger partial charge is 0.396 e. The molecule has 0 heterocycles. The van der Waals surface area contributed by atoms with E-state index in [-0.39, 0.29) is 38.6 Å². The Bertz CT molecular complexity index is 695. The fourth-order valence-electron chi connectivity index (χ4n) is 4.06. The van der Waals surface area contributed by atoms with Gasteiger partial charge in [0.1, 0.15) is 13.6 Å². The predicted molar refractivity (Wildman–Crippen MR) is 137 cm³/mol. The topological polar surface area (TPSA) is 95.8 Å². The van der Waals surface area contributed by atoms with E-state index in [9.17, 15) is 10.2 Å². The Morgan fingerprint density at radius 1 is 0.583 bits per heavy atom. The summed E-state index contributed by atoms with van der Waals surface area (Å²) in [6, 6.07) is 19.9. The predicted octanol–water partition coefficient (Wildman–Crippen LogP) is 2.70. The van der Waals surface area contributed by atoms with E-state index < -0.39 is 12.2 Å². The minimum Gasteiger partial charge on any atom is -0.396 e. The third-order valence-electron chi connectivity index (χ3n) is 5.95. The van der Waals surface area contributed by atoms with Crippen molar-refractivity contribution in [1.29, 1.82) is 0 Å². The van der Waals surface area contributed by atoms with E-state index in [0.717, 1.165) is 11.1 Å². The third kappa shape index (κ3) is 11.5. The van der Waals surface area contributed by atoms with Crippen molar-refractivity contribution in [3.05, 3.63) is 71.8 Å². The van der Waals surface area contributed by atoms with E-state index in [2.05, 4.69) is 0 Å². The first-order chi connectivity index (χ1) is 17.7. The molecule has 2 aromatic rings. The van der Waals surface area contributed by atoms with Gasteiger partial charge in [-0.1, -0.05) is 60.7 Å². The van der Waals surface area contributed by atoms with E-state index in [1.54, 1.807) is 14.2 Å². The second-order valence-electron chi connectivity index (χ2n) is 8.57. The summed E-state index contributed by atoms with van der Waals surface area (Å²) in [6.45, 7) is 1.43. The molecule has 0 amide bonds. The van der Waals surface area contributed by atoms with Gasteiger partial charge in [-0.25, -0.2) is 0 Å². The molecule has 0 saturated heterocycles. The van der Waals surface area contributed by atoms with Crippen LogP contribution >= 0.6 is 0 Å². The molecule has 0 saturated carbocycles. The maximum absolute atomic E-state index is 10.4. The van der Waals surface area contributed by atoms with Crippen molar-refractivity contribution in [2.24, 2.45) is 11.8 Å². The molecule has 0 aliphatic carbocycles. The zero-order valence-electron chi connectivity index (χ0n) is 21.5. The lowest BCUT2D eigenvalue weighted by molar-refractivity contribution is -0.203. The maximum Gasteiger partial charge on any atom is 0.147 e. The fraction of sp³-hybridized carbons (Fsp3) is 0.571. The molecule has 0 unspecified atom stereocenters. The average molecular weight is 507 g/mol. The highest BCUT2D eigenvalue weighted by atomic mass is 16.7. The van der Waals surface area contributed by atoms with Crippen LogP contribution in [-0.2, 0) is 41.3 Å². The van der Waals surface area contributed by atoms with Crippen molar-refractivity contribution < 1.29 is 38.6 Å². The molecule has 0 spiro atoms. The van der Waals surface area contributed by atoms with Gasteiger partial charge in [-0.2, -0.15) is 0 Å². The molecule has 0 aromatic heterocycles. The summed E-state index contributed by atoms with van der Waals surface area (Å²) in [7, 11) is 3.22. The first kappa shape index (κ1) is 30.3. The Kier molecular flexibility index (Phi) is 16.2. The zero-order valence-corrected chi connectivity index (χ0v) is 21.5. The van der Waals surface area contributed by atoms with E-state index in [1.807, 2.05) is 60.7 Å². The zero-order chi connectivity index (χ0) is 25.8. The number of aliphatic hydroxyl groups is 2. The molecule has 36 heavy (non-hydrogen) atoms. The summed E-state index contributed by atoms with van der Waals surface area (Å²) in [4.78, 5) is 0. The highest BCUT2D eigenvalue weighted by Crippen LogP contribution is 2.27. The quantitative estimate of drug-likeness (QED) is 0.197. The molecule has 4 atom stereocenters. The van der Waals surface area contributed by atoms with Crippen LogP contribution in [0.5, 0.6) is 0 Å². The van der Waals surface area contributed by atoms with E-state index in [4.69, 9.17) is 28.4 Å². The van der Waals surface area contributed by atoms with Crippen molar-refractivity contribution in [2.75, 3.05) is 67.4 Å². The molecule has 8 heteroatoms. The van der Waals surface area contributed by atoms with E-state index in [1.165, 1.54) is 0 Å². The Hall–Kier alpha value is -1.88. The molecule has 0 aliphatic rings. The maximum atomic E-state index is 10.4. The van der Waals surface area contributed by atoms with Crippen LogP contribution in [0.2, 0.25) is 0 Å². The molecule has 0 bridgehead atoms. The summed E-state index contributed by atoms with van der Waals surface area (Å²) in [6.07, 6.45) is 0.0244. The lowest BCUT2D eigenvalue weighted by Gasteiger charge is -2.37. The van der Waals surface area contributed by atoms with Crippen LogP contribution < -0.4 is 0 Å². The number of aliphatic hydroxyl groups excluding tert-OH is 2. The van der Waals surface area contributed by atoms with Gasteiger partial charge in [-0.15, -0.1) is 0 Å². The second kappa shape index (κ2) is 19.3. The lowest BCUT2D eigenvalue weighted by atomic mass is 9.84. The fourth-order valence-corrected chi connectivity index (χ4v) is 4.06. The normalized spacial score (nSPS) is 14.9.